The highest BCUT2D eigenvalue weighted by Gasteiger charge is 2.22. The molecule has 1 atom stereocenters. The fraction of sp³-hybridized carbons (Fsp3) is 0.615. The van der Waals surface area contributed by atoms with Crippen molar-refractivity contribution in [2.75, 3.05) is 19.7 Å². The van der Waals surface area contributed by atoms with Gasteiger partial charge in [0.05, 0.1) is 38.2 Å². The largest absolute Gasteiger partial charge is 0.444 e. The van der Waals surface area contributed by atoms with Gasteiger partial charge in [-0.1, -0.05) is 12.1 Å². The lowest BCUT2D eigenvalue weighted by molar-refractivity contribution is -0.0420. The number of aromatic nitrogens is 4. The van der Waals surface area contributed by atoms with E-state index >= 15 is 0 Å². The summed E-state index contributed by atoms with van der Waals surface area (Å²) in [6.07, 6.45) is 6.32. The number of hydrogen-bond donors (Lipinski definition) is 0. The van der Waals surface area contributed by atoms with E-state index in [1.165, 1.54) is 0 Å². The van der Waals surface area contributed by atoms with Crippen molar-refractivity contribution in [3.05, 3.63) is 30.2 Å². The molecule has 0 aromatic carbocycles. The number of aryl methyl sites for hydroxylation is 1. The summed E-state index contributed by atoms with van der Waals surface area (Å²) < 4.78 is 13.2. The number of oxazole rings is 1. The second-order valence-electron chi connectivity index (χ2n) is 4.93. The van der Waals surface area contributed by atoms with Crippen LogP contribution in [0.15, 0.2) is 23.0 Å². The number of rotatable bonds is 5. The van der Waals surface area contributed by atoms with Crippen molar-refractivity contribution >= 4 is 0 Å². The van der Waals surface area contributed by atoms with Crippen LogP contribution in [0.4, 0.5) is 0 Å². The molecule has 0 aliphatic carbocycles. The fourth-order valence-electron chi connectivity index (χ4n) is 2.38. The van der Waals surface area contributed by atoms with E-state index in [2.05, 4.69) is 20.2 Å². The monoisotopic (exact) mass is 277 g/mol. The van der Waals surface area contributed by atoms with E-state index in [-0.39, 0.29) is 6.10 Å². The summed E-state index contributed by atoms with van der Waals surface area (Å²) >= 11 is 0. The van der Waals surface area contributed by atoms with E-state index in [9.17, 15) is 0 Å². The standard InChI is InChI=1S/C13H19N5O2/c1-2-13-14-7-11(20-13)8-17-5-6-19-12(9-17)10-18-4-3-15-16-18/h3-4,7,12H,2,5-6,8-10H2,1H3. The van der Waals surface area contributed by atoms with E-state index in [0.717, 1.165) is 50.9 Å². The number of hydrogen-bond acceptors (Lipinski definition) is 6. The predicted molar refractivity (Wildman–Crippen MR) is 70.9 cm³/mol. The summed E-state index contributed by atoms with van der Waals surface area (Å²) in [4.78, 5) is 6.56. The van der Waals surface area contributed by atoms with Gasteiger partial charge in [0.2, 0.25) is 0 Å². The summed E-state index contributed by atoms with van der Waals surface area (Å²) in [5.74, 6) is 1.72. The van der Waals surface area contributed by atoms with Gasteiger partial charge in [-0.2, -0.15) is 0 Å². The third-order valence-corrected chi connectivity index (χ3v) is 3.37. The fourth-order valence-corrected chi connectivity index (χ4v) is 2.38. The van der Waals surface area contributed by atoms with Gasteiger partial charge >= 0.3 is 0 Å². The molecular weight excluding hydrogens is 258 g/mol. The lowest BCUT2D eigenvalue weighted by Gasteiger charge is -2.32. The Morgan fingerprint density at radius 2 is 2.40 bits per heavy atom. The lowest BCUT2D eigenvalue weighted by atomic mass is 10.2. The van der Waals surface area contributed by atoms with E-state index < -0.39 is 0 Å². The molecule has 7 heteroatoms. The van der Waals surface area contributed by atoms with Gasteiger partial charge in [-0.15, -0.1) is 5.10 Å². The smallest absolute Gasteiger partial charge is 0.194 e. The highest BCUT2D eigenvalue weighted by atomic mass is 16.5. The SMILES string of the molecule is CCc1ncc(CN2CCOC(Cn3ccnn3)C2)o1. The van der Waals surface area contributed by atoms with Crippen LogP contribution in [-0.2, 0) is 24.2 Å². The number of morpholine rings is 1. The molecule has 0 saturated carbocycles. The van der Waals surface area contributed by atoms with Crippen molar-refractivity contribution in [1.82, 2.24) is 24.9 Å². The molecule has 20 heavy (non-hydrogen) atoms. The highest BCUT2D eigenvalue weighted by molar-refractivity contribution is 4.94. The van der Waals surface area contributed by atoms with Gasteiger partial charge in [-0.3, -0.25) is 4.90 Å². The molecule has 0 amide bonds. The minimum Gasteiger partial charge on any atom is -0.444 e. The molecule has 1 fully saturated rings. The third-order valence-electron chi connectivity index (χ3n) is 3.37. The van der Waals surface area contributed by atoms with Crippen LogP contribution in [0.1, 0.15) is 18.6 Å². The minimum absolute atomic E-state index is 0.138. The summed E-state index contributed by atoms with van der Waals surface area (Å²) in [7, 11) is 0. The Morgan fingerprint density at radius 3 is 3.15 bits per heavy atom. The highest BCUT2D eigenvalue weighted by Crippen LogP contribution is 2.12. The van der Waals surface area contributed by atoms with Crippen LogP contribution in [0.3, 0.4) is 0 Å². The van der Waals surface area contributed by atoms with Gasteiger partial charge in [-0.05, 0) is 0 Å². The molecule has 2 aromatic heterocycles. The molecule has 0 bridgehead atoms. The molecule has 1 unspecified atom stereocenters. The van der Waals surface area contributed by atoms with Gasteiger partial charge in [0.1, 0.15) is 5.76 Å². The predicted octanol–water partition coefficient (Wildman–Crippen LogP) is 0.729. The molecule has 1 saturated heterocycles. The van der Waals surface area contributed by atoms with Crippen molar-refractivity contribution in [2.24, 2.45) is 0 Å². The molecule has 0 radical (unpaired) electrons. The Kier molecular flexibility index (Phi) is 4.08. The van der Waals surface area contributed by atoms with Crippen molar-refractivity contribution < 1.29 is 9.15 Å². The average Bonchev–Trinajstić information content (AvgIpc) is 3.11. The maximum absolute atomic E-state index is 5.77. The van der Waals surface area contributed by atoms with Crippen LogP contribution >= 0.6 is 0 Å². The van der Waals surface area contributed by atoms with Crippen molar-refractivity contribution in [3.8, 4) is 0 Å². The van der Waals surface area contributed by atoms with E-state index in [1.807, 2.05) is 19.3 Å². The van der Waals surface area contributed by atoms with Gasteiger partial charge in [0.25, 0.3) is 0 Å². The summed E-state index contributed by atoms with van der Waals surface area (Å²) in [5, 5.41) is 7.78. The van der Waals surface area contributed by atoms with Crippen LogP contribution < -0.4 is 0 Å². The van der Waals surface area contributed by atoms with E-state index in [0.29, 0.717) is 0 Å². The molecular formula is C13H19N5O2. The Balaban J connectivity index is 1.54. The molecule has 0 spiro atoms. The van der Waals surface area contributed by atoms with Crippen molar-refractivity contribution in [3.63, 3.8) is 0 Å². The topological polar surface area (TPSA) is 69.2 Å². The first-order valence-electron chi connectivity index (χ1n) is 6.95. The van der Waals surface area contributed by atoms with Gasteiger partial charge in [-0.25, -0.2) is 9.67 Å². The molecule has 1 aliphatic heterocycles. The Bertz CT molecular complexity index is 525. The normalized spacial score (nSPS) is 20.4. The summed E-state index contributed by atoms with van der Waals surface area (Å²) in [6.45, 7) is 6.06. The second kappa shape index (κ2) is 6.15. The molecule has 0 N–H and O–H groups in total. The number of nitrogens with zero attached hydrogens (tertiary/aromatic N) is 5. The van der Waals surface area contributed by atoms with E-state index in [4.69, 9.17) is 9.15 Å². The third kappa shape index (κ3) is 3.23. The first kappa shape index (κ1) is 13.3. The van der Waals surface area contributed by atoms with Gasteiger partial charge in [0, 0.05) is 25.7 Å². The second-order valence-corrected chi connectivity index (χ2v) is 4.93. The van der Waals surface area contributed by atoms with Crippen molar-refractivity contribution in [2.45, 2.75) is 32.5 Å². The van der Waals surface area contributed by atoms with Crippen LogP contribution in [-0.4, -0.2) is 50.7 Å². The Hall–Kier alpha value is -1.73. The van der Waals surface area contributed by atoms with Crippen LogP contribution in [0.2, 0.25) is 0 Å². The quantitative estimate of drug-likeness (QED) is 0.802. The van der Waals surface area contributed by atoms with E-state index in [1.54, 1.807) is 10.9 Å². The molecule has 7 nitrogen and oxygen atoms in total. The maximum atomic E-state index is 5.77. The Labute approximate surface area is 117 Å². The first-order valence-corrected chi connectivity index (χ1v) is 6.95. The molecule has 1 aliphatic rings. The summed E-state index contributed by atoms with van der Waals surface area (Å²) in [5.41, 5.74) is 0. The minimum atomic E-state index is 0.138. The van der Waals surface area contributed by atoms with Crippen molar-refractivity contribution in [1.29, 1.82) is 0 Å². The molecule has 2 aromatic rings. The molecule has 108 valence electrons. The van der Waals surface area contributed by atoms with Gasteiger partial charge < -0.3 is 9.15 Å². The van der Waals surface area contributed by atoms with Crippen LogP contribution in [0.5, 0.6) is 0 Å². The molecule has 3 rings (SSSR count). The zero-order valence-corrected chi connectivity index (χ0v) is 11.6. The summed E-state index contributed by atoms with van der Waals surface area (Å²) in [6, 6.07) is 0. The first-order chi connectivity index (χ1) is 9.83. The van der Waals surface area contributed by atoms with Crippen LogP contribution in [0.25, 0.3) is 0 Å². The lowest BCUT2D eigenvalue weighted by Crippen LogP contribution is -2.43. The Morgan fingerprint density at radius 1 is 1.45 bits per heavy atom. The van der Waals surface area contributed by atoms with Gasteiger partial charge in [0.15, 0.2) is 5.89 Å². The zero-order chi connectivity index (χ0) is 13.8. The number of ether oxygens (including phenoxy) is 1. The average molecular weight is 277 g/mol. The maximum Gasteiger partial charge on any atom is 0.194 e. The molecule has 3 heterocycles. The van der Waals surface area contributed by atoms with Crippen LogP contribution in [0, 0.1) is 0 Å². The zero-order valence-electron chi connectivity index (χ0n) is 11.6.